The van der Waals surface area contributed by atoms with Crippen LogP contribution in [0.5, 0.6) is 0 Å². The molecule has 0 heterocycles. The Morgan fingerprint density at radius 3 is 2.65 bits per heavy atom. The zero-order valence-electron chi connectivity index (χ0n) is 14.9. The van der Waals surface area contributed by atoms with Crippen LogP contribution in [-0.4, -0.2) is 16.5 Å². The number of carbonyl (C=O) groups is 1. The third kappa shape index (κ3) is 2.32. The van der Waals surface area contributed by atoms with Crippen LogP contribution < -0.4 is 0 Å². The molecule has 0 saturated heterocycles. The molecule has 4 bridgehead atoms. The Morgan fingerprint density at radius 2 is 1.88 bits per heavy atom. The molecule has 1 aromatic rings. The molecule has 5 heteroatoms. The Morgan fingerprint density at radius 1 is 1.08 bits per heavy atom. The van der Waals surface area contributed by atoms with Gasteiger partial charge in [-0.2, -0.15) is 0 Å². The highest BCUT2D eigenvalue weighted by atomic mass is 16.6. The quantitative estimate of drug-likeness (QED) is 0.446. The van der Waals surface area contributed by atoms with Gasteiger partial charge in [0.25, 0.3) is 5.69 Å². The highest BCUT2D eigenvalue weighted by Crippen LogP contribution is 2.64. The van der Waals surface area contributed by atoms with Crippen molar-refractivity contribution in [1.29, 1.82) is 0 Å². The molecule has 4 saturated carbocycles. The van der Waals surface area contributed by atoms with Gasteiger partial charge in [-0.1, -0.05) is 6.42 Å². The third-order valence-corrected chi connectivity index (χ3v) is 7.95. The van der Waals surface area contributed by atoms with Crippen LogP contribution in [0.15, 0.2) is 24.3 Å². The van der Waals surface area contributed by atoms with Gasteiger partial charge in [0.15, 0.2) is 0 Å². The second kappa shape index (κ2) is 5.80. The number of benzene rings is 1. The van der Waals surface area contributed by atoms with Crippen LogP contribution in [0.4, 0.5) is 5.69 Å². The molecule has 0 N–H and O–H groups in total. The van der Waals surface area contributed by atoms with Gasteiger partial charge in [-0.15, -0.1) is 0 Å². The number of fused-ring (bicyclic) bond motifs is 5. The fourth-order valence-electron chi connectivity index (χ4n) is 6.80. The molecule has 0 radical (unpaired) electrons. The molecule has 26 heavy (non-hydrogen) atoms. The maximum absolute atomic E-state index is 12.9. The van der Waals surface area contributed by atoms with E-state index in [1.807, 2.05) is 0 Å². The van der Waals surface area contributed by atoms with Gasteiger partial charge < -0.3 is 4.74 Å². The fraction of sp³-hybridized carbons (Fsp3) is 0.667. The third-order valence-electron chi connectivity index (χ3n) is 7.95. The summed E-state index contributed by atoms with van der Waals surface area (Å²) < 4.78 is 6.34. The van der Waals surface area contributed by atoms with E-state index in [9.17, 15) is 14.9 Å². The van der Waals surface area contributed by atoms with Crippen LogP contribution in [0.1, 0.15) is 61.7 Å². The lowest BCUT2D eigenvalue weighted by Crippen LogP contribution is -2.58. The molecule has 0 aliphatic heterocycles. The molecule has 5 nitrogen and oxygen atoms in total. The Bertz CT molecular complexity index is 745. The van der Waals surface area contributed by atoms with Crippen molar-refractivity contribution in [1.82, 2.24) is 0 Å². The van der Waals surface area contributed by atoms with E-state index in [1.165, 1.54) is 69.2 Å². The zero-order chi connectivity index (χ0) is 17.9. The van der Waals surface area contributed by atoms with E-state index in [-0.39, 0.29) is 17.3 Å². The Labute approximate surface area is 153 Å². The first-order valence-corrected chi connectivity index (χ1v) is 10.0. The highest BCUT2D eigenvalue weighted by molar-refractivity contribution is 5.90. The second-order valence-electron chi connectivity index (χ2n) is 8.91. The fourth-order valence-corrected chi connectivity index (χ4v) is 6.80. The van der Waals surface area contributed by atoms with Crippen LogP contribution in [0.25, 0.3) is 0 Å². The number of nitro groups is 1. The van der Waals surface area contributed by atoms with Crippen molar-refractivity contribution in [3.05, 3.63) is 39.9 Å². The first kappa shape index (κ1) is 16.3. The minimum atomic E-state index is -0.443. The summed E-state index contributed by atoms with van der Waals surface area (Å²) in [5.74, 6) is 3.14. The number of esters is 1. The predicted molar refractivity (Wildman–Crippen MR) is 95.6 cm³/mol. The molecule has 138 valence electrons. The zero-order valence-corrected chi connectivity index (χ0v) is 14.9. The average molecular weight is 355 g/mol. The second-order valence-corrected chi connectivity index (χ2v) is 8.91. The van der Waals surface area contributed by atoms with E-state index in [2.05, 4.69) is 0 Å². The van der Waals surface area contributed by atoms with E-state index < -0.39 is 4.92 Å². The lowest BCUT2D eigenvalue weighted by molar-refractivity contribution is -0.384. The smallest absolute Gasteiger partial charge is 0.338 e. The number of nitrogens with zero attached hydrogens (tertiary/aromatic N) is 1. The van der Waals surface area contributed by atoms with Crippen molar-refractivity contribution in [2.45, 2.75) is 57.0 Å². The number of nitro benzene ring substituents is 1. The standard InChI is InChI=1S/C21H25NO4/c23-20(14-3-6-17(7-4-14)22(24)25)26-21-10-9-13-1-8-18(19(21)11-13)15-2-5-16(21)12-15/h3-4,6-7,13,15-16,18-19H,1-2,5,8-12H2/t13?,15?,16?,18?,19?,21-/m0/s1. The number of hydrogen-bond acceptors (Lipinski definition) is 4. The van der Waals surface area contributed by atoms with E-state index in [0.29, 0.717) is 17.4 Å². The van der Waals surface area contributed by atoms with Gasteiger partial charge >= 0.3 is 5.97 Å². The first-order valence-electron chi connectivity index (χ1n) is 10.0. The molecule has 0 spiro atoms. The van der Waals surface area contributed by atoms with Crippen molar-refractivity contribution < 1.29 is 14.5 Å². The Kier molecular flexibility index (Phi) is 3.63. The summed E-state index contributed by atoms with van der Waals surface area (Å²) in [6.07, 6.45) is 9.79. The Hall–Kier alpha value is -1.91. The number of ether oxygens (including phenoxy) is 1. The van der Waals surface area contributed by atoms with Crippen molar-refractivity contribution >= 4 is 11.7 Å². The molecule has 4 fully saturated rings. The summed E-state index contributed by atoms with van der Waals surface area (Å²) in [5, 5.41) is 10.8. The summed E-state index contributed by atoms with van der Waals surface area (Å²) in [5.41, 5.74) is 0.149. The van der Waals surface area contributed by atoms with Crippen LogP contribution in [0, 0.1) is 39.7 Å². The van der Waals surface area contributed by atoms with Crippen LogP contribution in [0.3, 0.4) is 0 Å². The molecule has 4 aliphatic rings. The highest BCUT2D eigenvalue weighted by Gasteiger charge is 2.62. The lowest BCUT2D eigenvalue weighted by Gasteiger charge is -2.58. The summed E-state index contributed by atoms with van der Waals surface area (Å²) in [4.78, 5) is 23.3. The van der Waals surface area contributed by atoms with Gasteiger partial charge in [-0.25, -0.2) is 4.79 Å². The van der Waals surface area contributed by atoms with E-state index >= 15 is 0 Å². The normalized spacial score (nSPS) is 40.1. The van der Waals surface area contributed by atoms with E-state index in [4.69, 9.17) is 4.74 Å². The van der Waals surface area contributed by atoms with Gasteiger partial charge in [-0.3, -0.25) is 10.1 Å². The van der Waals surface area contributed by atoms with Crippen LogP contribution in [-0.2, 0) is 4.74 Å². The largest absolute Gasteiger partial charge is 0.455 e. The van der Waals surface area contributed by atoms with Crippen LogP contribution in [0.2, 0.25) is 0 Å². The maximum Gasteiger partial charge on any atom is 0.338 e. The van der Waals surface area contributed by atoms with Crippen molar-refractivity contribution in [3.63, 3.8) is 0 Å². The molecule has 0 aromatic heterocycles. The number of hydrogen-bond donors (Lipinski definition) is 0. The first-order chi connectivity index (χ1) is 12.6. The average Bonchev–Trinajstić information content (AvgIpc) is 3.10. The minimum Gasteiger partial charge on any atom is -0.455 e. The van der Waals surface area contributed by atoms with Gasteiger partial charge in [0.2, 0.25) is 0 Å². The molecule has 1 aromatic carbocycles. The topological polar surface area (TPSA) is 69.4 Å². The lowest BCUT2D eigenvalue weighted by atomic mass is 9.51. The van der Waals surface area contributed by atoms with Crippen molar-refractivity contribution in [2.24, 2.45) is 29.6 Å². The number of carbonyl (C=O) groups excluding carboxylic acids is 1. The molecule has 5 unspecified atom stereocenters. The number of rotatable bonds is 3. The molecule has 4 aliphatic carbocycles. The van der Waals surface area contributed by atoms with Crippen LogP contribution >= 0.6 is 0 Å². The SMILES string of the molecule is O=C(O[C@@]12CCC3CCC(C4CCC1C4)C2C3)c1ccc([N+](=O)[O-])cc1. The summed E-state index contributed by atoms with van der Waals surface area (Å²) in [6.45, 7) is 0. The van der Waals surface area contributed by atoms with E-state index in [0.717, 1.165) is 24.2 Å². The van der Waals surface area contributed by atoms with Crippen molar-refractivity contribution in [2.75, 3.05) is 0 Å². The van der Waals surface area contributed by atoms with Gasteiger partial charge in [0.05, 0.1) is 10.5 Å². The number of non-ortho nitro benzene ring substituents is 1. The maximum atomic E-state index is 12.9. The summed E-state index contributed by atoms with van der Waals surface area (Å²) >= 11 is 0. The molecule has 0 amide bonds. The Balaban J connectivity index is 1.44. The predicted octanol–water partition coefficient (Wildman–Crippen LogP) is 4.75. The van der Waals surface area contributed by atoms with Gasteiger partial charge in [0.1, 0.15) is 5.60 Å². The monoisotopic (exact) mass is 355 g/mol. The van der Waals surface area contributed by atoms with E-state index in [1.54, 1.807) is 0 Å². The minimum absolute atomic E-state index is 0.00358. The van der Waals surface area contributed by atoms with Gasteiger partial charge in [0, 0.05) is 18.1 Å². The molecule has 6 atom stereocenters. The summed E-state index contributed by atoms with van der Waals surface area (Å²) in [7, 11) is 0. The van der Waals surface area contributed by atoms with Gasteiger partial charge in [-0.05, 0) is 80.8 Å². The molecule has 5 rings (SSSR count). The van der Waals surface area contributed by atoms with Crippen molar-refractivity contribution in [3.8, 4) is 0 Å². The molecular weight excluding hydrogens is 330 g/mol. The molecular formula is C21H25NO4. The summed E-state index contributed by atoms with van der Waals surface area (Å²) in [6, 6.07) is 5.84.